The molecule has 0 radical (unpaired) electrons. The van der Waals surface area contributed by atoms with Crippen molar-refractivity contribution in [2.75, 3.05) is 19.6 Å². The highest BCUT2D eigenvalue weighted by Crippen LogP contribution is 2.30. The van der Waals surface area contributed by atoms with Gasteiger partial charge in [0.05, 0.1) is 0 Å². The number of benzene rings is 1. The van der Waals surface area contributed by atoms with E-state index in [9.17, 15) is 0 Å². The predicted octanol–water partition coefficient (Wildman–Crippen LogP) is 3.14. The van der Waals surface area contributed by atoms with Crippen molar-refractivity contribution < 1.29 is 0 Å². The van der Waals surface area contributed by atoms with E-state index in [1.165, 1.54) is 51.7 Å². The summed E-state index contributed by atoms with van der Waals surface area (Å²) >= 11 is 0. The topological polar surface area (TPSA) is 15.3 Å². The van der Waals surface area contributed by atoms with Crippen molar-refractivity contribution in [3.8, 4) is 0 Å². The number of hydrogen-bond donors (Lipinski definition) is 1. The van der Waals surface area contributed by atoms with Crippen LogP contribution in [0.15, 0.2) is 24.3 Å². The zero-order valence-electron chi connectivity index (χ0n) is 12.1. The Morgan fingerprint density at radius 3 is 3.00 bits per heavy atom. The minimum atomic E-state index is 0.590. The number of nitrogens with zero attached hydrogens (tertiary/aromatic N) is 1. The lowest BCUT2D eigenvalue weighted by Gasteiger charge is -2.36. The minimum absolute atomic E-state index is 0.590. The summed E-state index contributed by atoms with van der Waals surface area (Å²) in [7, 11) is 0. The van der Waals surface area contributed by atoms with Gasteiger partial charge >= 0.3 is 0 Å². The van der Waals surface area contributed by atoms with Gasteiger partial charge in [-0.15, -0.1) is 0 Å². The lowest BCUT2D eigenvalue weighted by atomic mass is 9.87. The van der Waals surface area contributed by atoms with Gasteiger partial charge in [-0.25, -0.2) is 0 Å². The van der Waals surface area contributed by atoms with E-state index in [2.05, 4.69) is 41.4 Å². The van der Waals surface area contributed by atoms with Gasteiger partial charge in [0.1, 0.15) is 0 Å². The quantitative estimate of drug-likeness (QED) is 0.896. The molecule has 2 aliphatic rings. The number of likely N-dealkylation sites (N-methyl/N-ethyl adjacent to an activating group) is 1. The van der Waals surface area contributed by atoms with E-state index in [4.69, 9.17) is 0 Å². The van der Waals surface area contributed by atoms with Crippen LogP contribution in [0.4, 0.5) is 0 Å². The summed E-state index contributed by atoms with van der Waals surface area (Å²) in [6.07, 6.45) is 6.59. The molecule has 3 rings (SSSR count). The van der Waals surface area contributed by atoms with Crippen LogP contribution in [0.5, 0.6) is 0 Å². The van der Waals surface area contributed by atoms with Crippen LogP contribution in [0.2, 0.25) is 0 Å². The average molecular weight is 258 g/mol. The van der Waals surface area contributed by atoms with E-state index >= 15 is 0 Å². The Bertz CT molecular complexity index is 415. The van der Waals surface area contributed by atoms with Gasteiger partial charge in [0.15, 0.2) is 0 Å². The van der Waals surface area contributed by atoms with Crippen molar-refractivity contribution in [1.82, 2.24) is 10.2 Å². The summed E-state index contributed by atoms with van der Waals surface area (Å²) in [6.45, 7) is 5.99. The van der Waals surface area contributed by atoms with Crippen LogP contribution in [0.1, 0.15) is 49.8 Å². The molecule has 2 heteroatoms. The predicted molar refractivity (Wildman–Crippen MR) is 80.4 cm³/mol. The Kier molecular flexibility index (Phi) is 4.19. The molecule has 0 saturated carbocycles. The largest absolute Gasteiger partial charge is 0.306 e. The highest BCUT2D eigenvalue weighted by Gasteiger charge is 2.25. The van der Waals surface area contributed by atoms with E-state index in [0.29, 0.717) is 12.1 Å². The zero-order chi connectivity index (χ0) is 13.1. The number of rotatable bonds is 3. The fourth-order valence-corrected chi connectivity index (χ4v) is 3.69. The first-order valence-corrected chi connectivity index (χ1v) is 7.93. The van der Waals surface area contributed by atoms with Gasteiger partial charge in [-0.05, 0) is 56.3 Å². The smallest absolute Gasteiger partial charge is 0.0326 e. The lowest BCUT2D eigenvalue weighted by molar-refractivity contribution is 0.187. The molecular formula is C17H26N2. The molecule has 1 aliphatic carbocycles. The van der Waals surface area contributed by atoms with Gasteiger partial charge in [-0.2, -0.15) is 0 Å². The molecule has 19 heavy (non-hydrogen) atoms. The number of likely N-dealkylation sites (tertiary alicyclic amines) is 1. The van der Waals surface area contributed by atoms with Crippen molar-refractivity contribution in [1.29, 1.82) is 0 Å². The summed E-state index contributed by atoms with van der Waals surface area (Å²) in [5.41, 5.74) is 3.12. The molecular weight excluding hydrogens is 232 g/mol. The number of aryl methyl sites for hydroxylation is 1. The Morgan fingerprint density at radius 2 is 2.11 bits per heavy atom. The second kappa shape index (κ2) is 6.06. The highest BCUT2D eigenvalue weighted by molar-refractivity contribution is 5.32. The van der Waals surface area contributed by atoms with Crippen LogP contribution in [0.3, 0.4) is 0 Å². The summed E-state index contributed by atoms with van der Waals surface area (Å²) in [5.74, 6) is 0. The van der Waals surface area contributed by atoms with Crippen LogP contribution >= 0.6 is 0 Å². The number of fused-ring (bicyclic) bond motifs is 1. The molecule has 0 bridgehead atoms. The van der Waals surface area contributed by atoms with Crippen LogP contribution in [0.25, 0.3) is 0 Å². The molecule has 1 N–H and O–H groups in total. The molecule has 104 valence electrons. The van der Waals surface area contributed by atoms with Crippen LogP contribution in [-0.4, -0.2) is 30.6 Å². The Labute approximate surface area is 117 Å². The van der Waals surface area contributed by atoms with Crippen molar-refractivity contribution >= 4 is 0 Å². The highest BCUT2D eigenvalue weighted by atomic mass is 15.2. The summed E-state index contributed by atoms with van der Waals surface area (Å²) < 4.78 is 0. The van der Waals surface area contributed by atoms with Crippen LogP contribution < -0.4 is 5.32 Å². The second-order valence-electron chi connectivity index (χ2n) is 6.04. The Hall–Kier alpha value is -0.860. The van der Waals surface area contributed by atoms with Gasteiger partial charge in [0.2, 0.25) is 0 Å². The molecule has 2 unspecified atom stereocenters. The molecule has 1 aromatic carbocycles. The maximum absolute atomic E-state index is 3.94. The summed E-state index contributed by atoms with van der Waals surface area (Å²) in [6, 6.07) is 10.3. The number of nitrogens with one attached hydrogen (secondary N) is 1. The zero-order valence-corrected chi connectivity index (χ0v) is 12.1. The SMILES string of the molecule is CCN1CCCC(NC2CCCc3ccccc32)C1. The van der Waals surface area contributed by atoms with Gasteiger partial charge in [-0.1, -0.05) is 31.2 Å². The molecule has 1 heterocycles. The standard InChI is InChI=1S/C17H26N2/c1-2-19-12-6-9-15(13-19)18-17-11-5-8-14-7-3-4-10-16(14)17/h3-4,7,10,15,17-18H,2,5-6,8-9,11-13H2,1H3. The van der Waals surface area contributed by atoms with Gasteiger partial charge in [-0.3, -0.25) is 0 Å². The van der Waals surface area contributed by atoms with Crippen molar-refractivity contribution in [3.05, 3.63) is 35.4 Å². The number of piperidine rings is 1. The monoisotopic (exact) mass is 258 g/mol. The van der Waals surface area contributed by atoms with Crippen molar-refractivity contribution in [3.63, 3.8) is 0 Å². The summed E-state index contributed by atoms with van der Waals surface area (Å²) in [4.78, 5) is 2.58. The lowest BCUT2D eigenvalue weighted by Crippen LogP contribution is -2.47. The van der Waals surface area contributed by atoms with Crippen LogP contribution in [-0.2, 0) is 6.42 Å². The maximum atomic E-state index is 3.94. The first-order valence-electron chi connectivity index (χ1n) is 7.93. The third-order valence-corrected chi connectivity index (χ3v) is 4.76. The van der Waals surface area contributed by atoms with Crippen molar-refractivity contribution in [2.45, 2.75) is 51.1 Å². The molecule has 2 nitrogen and oxygen atoms in total. The van der Waals surface area contributed by atoms with Gasteiger partial charge in [0.25, 0.3) is 0 Å². The summed E-state index contributed by atoms with van der Waals surface area (Å²) in [5, 5.41) is 3.94. The van der Waals surface area contributed by atoms with Crippen molar-refractivity contribution in [2.24, 2.45) is 0 Å². The minimum Gasteiger partial charge on any atom is -0.306 e. The Balaban J connectivity index is 1.67. The first kappa shape index (κ1) is 13.1. The fourth-order valence-electron chi connectivity index (χ4n) is 3.69. The third-order valence-electron chi connectivity index (χ3n) is 4.76. The molecule has 1 aliphatic heterocycles. The van der Waals surface area contributed by atoms with Crippen LogP contribution in [0, 0.1) is 0 Å². The first-order chi connectivity index (χ1) is 9.36. The van der Waals surface area contributed by atoms with Gasteiger partial charge < -0.3 is 10.2 Å². The van der Waals surface area contributed by atoms with Gasteiger partial charge in [0, 0.05) is 18.6 Å². The molecule has 0 spiro atoms. The molecule has 2 atom stereocenters. The normalized spacial score (nSPS) is 28.1. The average Bonchev–Trinajstić information content (AvgIpc) is 2.48. The molecule has 0 amide bonds. The van der Waals surface area contributed by atoms with E-state index in [1.807, 2.05) is 0 Å². The van der Waals surface area contributed by atoms with E-state index in [-0.39, 0.29) is 0 Å². The second-order valence-corrected chi connectivity index (χ2v) is 6.04. The van der Waals surface area contributed by atoms with E-state index in [1.54, 1.807) is 11.1 Å². The molecule has 1 fully saturated rings. The molecule has 1 aromatic rings. The maximum Gasteiger partial charge on any atom is 0.0326 e. The fraction of sp³-hybridized carbons (Fsp3) is 0.647. The molecule has 0 aromatic heterocycles. The Morgan fingerprint density at radius 1 is 1.21 bits per heavy atom. The third kappa shape index (κ3) is 3.01. The van der Waals surface area contributed by atoms with E-state index < -0.39 is 0 Å². The number of hydrogen-bond acceptors (Lipinski definition) is 2. The van der Waals surface area contributed by atoms with E-state index in [0.717, 1.165) is 0 Å². The molecule has 1 saturated heterocycles.